The highest BCUT2D eigenvalue weighted by Crippen LogP contribution is 2.29. The van der Waals surface area contributed by atoms with E-state index in [0.717, 1.165) is 38.3 Å². The Kier molecular flexibility index (Phi) is 4.31. The fraction of sp³-hybridized carbons (Fsp3) is 0.500. The summed E-state index contributed by atoms with van der Waals surface area (Å²) in [6.07, 6.45) is -4.35. The number of rotatable bonds is 3. The summed E-state index contributed by atoms with van der Waals surface area (Å²) in [4.78, 5) is 4.47. The number of tetrazole rings is 1. The number of likely N-dealkylation sites (N-methyl/N-ethyl adjacent to an activating group) is 1. The molecule has 9 heteroatoms. The van der Waals surface area contributed by atoms with E-state index in [2.05, 4.69) is 32.4 Å². The number of alkyl halides is 3. The highest BCUT2D eigenvalue weighted by atomic mass is 19.4. The van der Waals surface area contributed by atoms with E-state index < -0.39 is 11.7 Å². The molecular formula is C14H17F3N6. The summed E-state index contributed by atoms with van der Waals surface area (Å²) in [7, 11) is 2.07. The topological polar surface area (TPSA) is 50.1 Å². The van der Waals surface area contributed by atoms with Gasteiger partial charge in [0.2, 0.25) is 0 Å². The van der Waals surface area contributed by atoms with E-state index in [9.17, 15) is 13.2 Å². The first-order valence-corrected chi connectivity index (χ1v) is 7.29. The molecule has 1 aliphatic heterocycles. The monoisotopic (exact) mass is 326 g/mol. The second-order valence-corrected chi connectivity index (χ2v) is 5.63. The molecule has 124 valence electrons. The molecule has 0 N–H and O–H groups in total. The predicted octanol–water partition coefficient (Wildman–Crippen LogP) is 1.43. The summed E-state index contributed by atoms with van der Waals surface area (Å²) < 4.78 is 39.4. The molecule has 3 rings (SSSR count). The van der Waals surface area contributed by atoms with Gasteiger partial charge in [-0.05, 0) is 41.7 Å². The van der Waals surface area contributed by atoms with Gasteiger partial charge in [-0.2, -0.15) is 17.9 Å². The molecule has 0 radical (unpaired) electrons. The molecule has 2 aromatic rings. The second kappa shape index (κ2) is 6.25. The van der Waals surface area contributed by atoms with Gasteiger partial charge < -0.3 is 4.90 Å². The standard InChI is InChI=1S/C14H17F3N6/c1-21-6-8-22(9-7-21)10-13-18-19-20-23(13)12-4-2-11(3-5-12)14(15,16)17/h2-5H,6-10H2,1H3. The summed E-state index contributed by atoms with van der Waals surface area (Å²) in [5, 5.41) is 11.6. The highest BCUT2D eigenvalue weighted by molar-refractivity contribution is 5.35. The van der Waals surface area contributed by atoms with Crippen LogP contribution in [-0.2, 0) is 12.7 Å². The number of benzene rings is 1. The highest BCUT2D eigenvalue weighted by Gasteiger charge is 2.30. The van der Waals surface area contributed by atoms with Crippen molar-refractivity contribution in [3.8, 4) is 5.69 Å². The Balaban J connectivity index is 1.75. The molecule has 1 aliphatic rings. The maximum atomic E-state index is 12.6. The van der Waals surface area contributed by atoms with Crippen LogP contribution < -0.4 is 0 Å². The van der Waals surface area contributed by atoms with Crippen molar-refractivity contribution in [1.29, 1.82) is 0 Å². The van der Waals surface area contributed by atoms with Crippen molar-refractivity contribution in [3.63, 3.8) is 0 Å². The van der Waals surface area contributed by atoms with Crippen molar-refractivity contribution in [2.24, 2.45) is 0 Å². The smallest absolute Gasteiger partial charge is 0.304 e. The first-order chi connectivity index (χ1) is 10.9. The lowest BCUT2D eigenvalue weighted by atomic mass is 10.2. The number of hydrogen-bond acceptors (Lipinski definition) is 5. The molecule has 0 amide bonds. The molecule has 6 nitrogen and oxygen atoms in total. The van der Waals surface area contributed by atoms with Gasteiger partial charge in [0.25, 0.3) is 0 Å². The summed E-state index contributed by atoms with van der Waals surface area (Å²) in [6.45, 7) is 4.35. The van der Waals surface area contributed by atoms with E-state index in [4.69, 9.17) is 0 Å². The molecule has 1 saturated heterocycles. The molecule has 2 heterocycles. The maximum Gasteiger partial charge on any atom is 0.416 e. The largest absolute Gasteiger partial charge is 0.416 e. The fourth-order valence-electron chi connectivity index (χ4n) is 2.50. The first kappa shape index (κ1) is 15.9. The van der Waals surface area contributed by atoms with Crippen LogP contribution >= 0.6 is 0 Å². The van der Waals surface area contributed by atoms with Crippen LogP contribution in [0.1, 0.15) is 11.4 Å². The lowest BCUT2D eigenvalue weighted by Gasteiger charge is -2.31. The Morgan fingerprint density at radius 1 is 1.04 bits per heavy atom. The summed E-state index contributed by atoms with van der Waals surface area (Å²) in [6, 6.07) is 4.84. The van der Waals surface area contributed by atoms with E-state index >= 15 is 0 Å². The second-order valence-electron chi connectivity index (χ2n) is 5.63. The summed E-state index contributed by atoms with van der Waals surface area (Å²) >= 11 is 0. The lowest BCUT2D eigenvalue weighted by Crippen LogP contribution is -2.44. The SMILES string of the molecule is CN1CCN(Cc2nnnn2-c2ccc(C(F)(F)F)cc2)CC1. The van der Waals surface area contributed by atoms with Crippen LogP contribution in [0.15, 0.2) is 24.3 Å². The molecule has 0 spiro atoms. The van der Waals surface area contributed by atoms with Crippen molar-refractivity contribution >= 4 is 0 Å². The molecule has 0 atom stereocenters. The first-order valence-electron chi connectivity index (χ1n) is 7.29. The molecule has 1 aromatic heterocycles. The Morgan fingerprint density at radius 3 is 2.30 bits per heavy atom. The minimum absolute atomic E-state index is 0.520. The van der Waals surface area contributed by atoms with E-state index in [-0.39, 0.29) is 0 Å². The van der Waals surface area contributed by atoms with Crippen LogP contribution in [0.3, 0.4) is 0 Å². The zero-order valence-electron chi connectivity index (χ0n) is 12.7. The van der Waals surface area contributed by atoms with Crippen molar-refractivity contribution < 1.29 is 13.2 Å². The number of hydrogen-bond donors (Lipinski definition) is 0. The number of nitrogens with zero attached hydrogens (tertiary/aromatic N) is 6. The van der Waals surface area contributed by atoms with Gasteiger partial charge in [0.1, 0.15) is 0 Å². The van der Waals surface area contributed by atoms with Crippen molar-refractivity contribution in [2.75, 3.05) is 33.2 Å². The molecule has 0 aliphatic carbocycles. The number of halogens is 3. The number of aromatic nitrogens is 4. The third-order valence-corrected chi connectivity index (χ3v) is 3.93. The van der Waals surface area contributed by atoms with E-state index in [1.54, 1.807) is 0 Å². The predicted molar refractivity (Wildman–Crippen MR) is 76.9 cm³/mol. The van der Waals surface area contributed by atoms with Crippen LogP contribution in [0.5, 0.6) is 0 Å². The Hall–Kier alpha value is -2.00. The summed E-state index contributed by atoms with van der Waals surface area (Å²) in [5.74, 6) is 0.620. The Labute approximate surface area is 131 Å². The van der Waals surface area contributed by atoms with Crippen LogP contribution in [0.4, 0.5) is 13.2 Å². The van der Waals surface area contributed by atoms with E-state index in [0.29, 0.717) is 18.1 Å². The lowest BCUT2D eigenvalue weighted by molar-refractivity contribution is -0.137. The Morgan fingerprint density at radius 2 is 1.70 bits per heavy atom. The van der Waals surface area contributed by atoms with Gasteiger partial charge >= 0.3 is 6.18 Å². The normalized spacial score (nSPS) is 17.6. The minimum atomic E-state index is -4.35. The van der Waals surface area contributed by atoms with Gasteiger partial charge in [0, 0.05) is 26.2 Å². The van der Waals surface area contributed by atoms with Gasteiger partial charge in [-0.1, -0.05) is 0 Å². The minimum Gasteiger partial charge on any atom is -0.304 e. The molecule has 0 unspecified atom stereocenters. The third-order valence-electron chi connectivity index (χ3n) is 3.93. The van der Waals surface area contributed by atoms with E-state index in [1.165, 1.54) is 16.8 Å². The van der Waals surface area contributed by atoms with Crippen molar-refractivity contribution in [1.82, 2.24) is 30.0 Å². The van der Waals surface area contributed by atoms with E-state index in [1.807, 2.05) is 0 Å². The third kappa shape index (κ3) is 3.67. The van der Waals surface area contributed by atoms with Crippen LogP contribution in [0.25, 0.3) is 5.69 Å². The van der Waals surface area contributed by atoms with Crippen LogP contribution in [0, 0.1) is 0 Å². The number of piperazine rings is 1. The molecule has 23 heavy (non-hydrogen) atoms. The van der Waals surface area contributed by atoms with Gasteiger partial charge in [0.05, 0.1) is 17.8 Å². The quantitative estimate of drug-likeness (QED) is 0.854. The fourth-order valence-corrected chi connectivity index (χ4v) is 2.50. The Bertz CT molecular complexity index is 643. The van der Waals surface area contributed by atoms with Crippen molar-refractivity contribution in [2.45, 2.75) is 12.7 Å². The average Bonchev–Trinajstić information content (AvgIpc) is 2.97. The van der Waals surface area contributed by atoms with Crippen molar-refractivity contribution in [3.05, 3.63) is 35.7 Å². The zero-order chi connectivity index (χ0) is 16.4. The molecule has 1 fully saturated rings. The summed E-state index contributed by atoms with van der Waals surface area (Å²) in [5.41, 5.74) is -0.165. The molecule has 1 aromatic carbocycles. The molecular weight excluding hydrogens is 309 g/mol. The van der Waals surface area contributed by atoms with Gasteiger partial charge in [0.15, 0.2) is 5.82 Å². The molecule has 0 bridgehead atoms. The van der Waals surface area contributed by atoms with Crippen LogP contribution in [0.2, 0.25) is 0 Å². The zero-order valence-corrected chi connectivity index (χ0v) is 12.7. The van der Waals surface area contributed by atoms with Gasteiger partial charge in [-0.3, -0.25) is 4.90 Å². The average molecular weight is 326 g/mol. The van der Waals surface area contributed by atoms with Crippen LogP contribution in [-0.4, -0.2) is 63.2 Å². The van der Waals surface area contributed by atoms with Gasteiger partial charge in [-0.25, -0.2) is 0 Å². The van der Waals surface area contributed by atoms with Gasteiger partial charge in [-0.15, -0.1) is 5.10 Å². The molecule has 0 saturated carbocycles. The maximum absolute atomic E-state index is 12.6.